The van der Waals surface area contributed by atoms with Crippen LogP contribution in [0.25, 0.3) is 11.3 Å². The van der Waals surface area contributed by atoms with Crippen LogP contribution in [0.4, 0.5) is 5.95 Å². The lowest BCUT2D eigenvalue weighted by molar-refractivity contribution is 0.284. The molecule has 0 radical (unpaired) electrons. The average Bonchev–Trinajstić information content (AvgIpc) is 2.84. The average molecular weight is 426 g/mol. The molecule has 0 aliphatic carbocycles. The normalized spacial score (nSPS) is 10.8. The van der Waals surface area contributed by atoms with E-state index in [1.165, 1.54) is 6.07 Å². The predicted octanol–water partition coefficient (Wildman–Crippen LogP) is 4.47. The van der Waals surface area contributed by atoms with E-state index in [1.807, 2.05) is 78.9 Å². The number of methoxy groups -OCH3 is 1. The number of benzene rings is 3. The number of rotatable bonds is 8. The number of aromatic nitrogens is 2. The van der Waals surface area contributed by atoms with Gasteiger partial charge >= 0.3 is 0 Å². The minimum atomic E-state index is -0.273. The van der Waals surface area contributed by atoms with Crippen molar-refractivity contribution in [1.29, 1.82) is 0 Å². The van der Waals surface area contributed by atoms with Crippen molar-refractivity contribution in [1.82, 2.24) is 9.97 Å². The topological polar surface area (TPSA) is 88.6 Å². The molecule has 7 nitrogen and oxygen atoms in total. The Balaban J connectivity index is 1.54. The number of nitrogens with one attached hydrogen (secondary N) is 2. The molecule has 0 aliphatic rings. The van der Waals surface area contributed by atoms with E-state index in [-0.39, 0.29) is 11.5 Å². The second kappa shape index (κ2) is 10.1. The lowest BCUT2D eigenvalue weighted by atomic mass is 10.1. The van der Waals surface area contributed by atoms with Crippen LogP contribution in [-0.2, 0) is 6.61 Å². The first-order chi connectivity index (χ1) is 15.7. The third-order valence-corrected chi connectivity index (χ3v) is 4.64. The zero-order chi connectivity index (χ0) is 22.2. The molecule has 0 aliphatic heterocycles. The highest BCUT2D eigenvalue weighted by Crippen LogP contribution is 2.31. The quantitative estimate of drug-likeness (QED) is 0.321. The van der Waals surface area contributed by atoms with Crippen molar-refractivity contribution in [2.75, 3.05) is 12.5 Å². The van der Waals surface area contributed by atoms with E-state index in [1.54, 1.807) is 13.3 Å². The standard InChI is InChI=1S/C25H22N4O3/c1-31-22-14-8-13-20(24(22)32-17-18-9-4-2-5-10-18)16-26-29-25-27-21(15-23(30)28-25)19-11-6-3-7-12-19/h2-16H,17H2,1H3,(H2,27,28,29,30)/b26-16-. The summed E-state index contributed by atoms with van der Waals surface area (Å²) in [6, 6.07) is 26.3. The Morgan fingerprint density at radius 2 is 1.75 bits per heavy atom. The number of nitrogens with zero attached hydrogens (tertiary/aromatic N) is 2. The minimum absolute atomic E-state index is 0.238. The number of hydrazone groups is 1. The molecule has 0 amide bonds. The summed E-state index contributed by atoms with van der Waals surface area (Å²) >= 11 is 0. The van der Waals surface area contributed by atoms with E-state index in [0.29, 0.717) is 29.4 Å². The van der Waals surface area contributed by atoms with Gasteiger partial charge in [-0.25, -0.2) is 10.4 Å². The van der Waals surface area contributed by atoms with Crippen molar-refractivity contribution in [2.45, 2.75) is 6.61 Å². The van der Waals surface area contributed by atoms with Crippen molar-refractivity contribution in [2.24, 2.45) is 5.10 Å². The van der Waals surface area contributed by atoms with Crippen molar-refractivity contribution < 1.29 is 9.47 Å². The number of aromatic amines is 1. The smallest absolute Gasteiger partial charge is 0.252 e. The molecule has 0 saturated heterocycles. The molecule has 3 aromatic carbocycles. The Morgan fingerprint density at radius 3 is 2.50 bits per heavy atom. The van der Waals surface area contributed by atoms with Crippen LogP contribution in [0.2, 0.25) is 0 Å². The summed E-state index contributed by atoms with van der Waals surface area (Å²) in [5.74, 6) is 1.41. The van der Waals surface area contributed by atoms with E-state index in [9.17, 15) is 4.79 Å². The molecule has 4 rings (SSSR count). The summed E-state index contributed by atoms with van der Waals surface area (Å²) in [6.45, 7) is 0.392. The van der Waals surface area contributed by atoms with Gasteiger partial charge in [-0.1, -0.05) is 66.7 Å². The van der Waals surface area contributed by atoms with Crippen molar-refractivity contribution in [3.63, 3.8) is 0 Å². The van der Waals surface area contributed by atoms with Gasteiger partial charge in [0, 0.05) is 17.2 Å². The zero-order valence-electron chi connectivity index (χ0n) is 17.5. The Kier molecular flexibility index (Phi) is 6.57. The summed E-state index contributed by atoms with van der Waals surface area (Å²) in [7, 11) is 1.59. The highest BCUT2D eigenvalue weighted by Gasteiger charge is 2.10. The number of hydrogen-bond donors (Lipinski definition) is 2. The first-order valence-corrected chi connectivity index (χ1v) is 10.0. The molecule has 2 N–H and O–H groups in total. The molecule has 0 unspecified atom stereocenters. The number of ether oxygens (including phenoxy) is 2. The fourth-order valence-corrected chi connectivity index (χ4v) is 3.11. The summed E-state index contributed by atoms with van der Waals surface area (Å²) in [5.41, 5.74) is 5.67. The fraction of sp³-hybridized carbons (Fsp3) is 0.0800. The van der Waals surface area contributed by atoms with Crippen LogP contribution in [0.15, 0.2) is 94.8 Å². The molecular weight excluding hydrogens is 404 g/mol. The number of hydrogen-bond acceptors (Lipinski definition) is 6. The maximum Gasteiger partial charge on any atom is 0.252 e. The van der Waals surface area contributed by atoms with Crippen molar-refractivity contribution >= 4 is 12.2 Å². The molecule has 1 heterocycles. The van der Waals surface area contributed by atoms with E-state index >= 15 is 0 Å². The highest BCUT2D eigenvalue weighted by atomic mass is 16.5. The van der Waals surface area contributed by atoms with Gasteiger partial charge < -0.3 is 9.47 Å². The molecular formula is C25H22N4O3. The second-order valence-corrected chi connectivity index (χ2v) is 6.87. The van der Waals surface area contributed by atoms with Gasteiger partial charge in [0.15, 0.2) is 11.5 Å². The molecule has 1 aromatic heterocycles. The molecule has 160 valence electrons. The largest absolute Gasteiger partial charge is 0.493 e. The van der Waals surface area contributed by atoms with Gasteiger partial charge in [0.1, 0.15) is 6.61 Å². The van der Waals surface area contributed by atoms with Crippen LogP contribution in [0.3, 0.4) is 0 Å². The Labute approximate surface area is 185 Å². The Hall–Kier alpha value is -4.39. The SMILES string of the molecule is COc1cccc(/C=N\Nc2nc(-c3ccccc3)cc(=O)[nH]2)c1OCc1ccccc1. The molecule has 0 spiro atoms. The zero-order valence-corrected chi connectivity index (χ0v) is 17.5. The van der Waals surface area contributed by atoms with Crippen molar-refractivity contribution in [3.05, 3.63) is 106 Å². The van der Waals surface area contributed by atoms with Crippen LogP contribution in [0.1, 0.15) is 11.1 Å². The lowest BCUT2D eigenvalue weighted by Crippen LogP contribution is -2.10. The van der Waals surface area contributed by atoms with E-state index in [4.69, 9.17) is 9.47 Å². The monoisotopic (exact) mass is 426 g/mol. The van der Waals surface area contributed by atoms with E-state index in [0.717, 1.165) is 11.1 Å². The molecule has 0 saturated carbocycles. The number of para-hydroxylation sites is 1. The molecule has 0 fully saturated rings. The molecule has 0 bridgehead atoms. The van der Waals surface area contributed by atoms with E-state index in [2.05, 4.69) is 20.5 Å². The van der Waals surface area contributed by atoms with Gasteiger partial charge in [0.25, 0.3) is 5.56 Å². The van der Waals surface area contributed by atoms with Crippen LogP contribution in [-0.4, -0.2) is 23.3 Å². The highest BCUT2D eigenvalue weighted by molar-refractivity contribution is 5.85. The van der Waals surface area contributed by atoms with Crippen LogP contribution < -0.4 is 20.5 Å². The van der Waals surface area contributed by atoms with Crippen LogP contribution >= 0.6 is 0 Å². The predicted molar refractivity (Wildman–Crippen MR) is 125 cm³/mol. The Bertz CT molecular complexity index is 1260. The minimum Gasteiger partial charge on any atom is -0.493 e. The summed E-state index contributed by atoms with van der Waals surface area (Å²) in [5, 5.41) is 4.24. The molecule has 32 heavy (non-hydrogen) atoms. The molecule has 7 heteroatoms. The lowest BCUT2D eigenvalue weighted by Gasteiger charge is -2.13. The van der Waals surface area contributed by atoms with Crippen LogP contribution in [0, 0.1) is 0 Å². The first-order valence-electron chi connectivity index (χ1n) is 10.0. The van der Waals surface area contributed by atoms with Gasteiger partial charge in [-0.2, -0.15) is 5.10 Å². The fourth-order valence-electron chi connectivity index (χ4n) is 3.11. The number of H-pyrrole nitrogens is 1. The van der Waals surface area contributed by atoms with Gasteiger partial charge in [-0.05, 0) is 17.7 Å². The van der Waals surface area contributed by atoms with E-state index < -0.39 is 0 Å². The number of anilines is 1. The van der Waals surface area contributed by atoms with Crippen LogP contribution in [0.5, 0.6) is 11.5 Å². The maximum atomic E-state index is 12.1. The first kappa shape index (κ1) is 20.9. The van der Waals surface area contributed by atoms with Gasteiger partial charge in [0.05, 0.1) is 19.0 Å². The summed E-state index contributed by atoms with van der Waals surface area (Å²) < 4.78 is 11.5. The van der Waals surface area contributed by atoms with Gasteiger partial charge in [-0.3, -0.25) is 9.78 Å². The maximum absolute atomic E-state index is 12.1. The molecule has 0 atom stereocenters. The molecule has 4 aromatic rings. The summed E-state index contributed by atoms with van der Waals surface area (Å²) in [6.07, 6.45) is 1.60. The Morgan fingerprint density at radius 1 is 1.00 bits per heavy atom. The van der Waals surface area contributed by atoms with Crippen molar-refractivity contribution in [3.8, 4) is 22.8 Å². The third kappa shape index (κ3) is 5.20. The van der Waals surface area contributed by atoms with Gasteiger partial charge in [0.2, 0.25) is 5.95 Å². The third-order valence-electron chi connectivity index (χ3n) is 4.64. The second-order valence-electron chi connectivity index (χ2n) is 6.87. The van der Waals surface area contributed by atoms with Gasteiger partial charge in [-0.15, -0.1) is 0 Å². The summed E-state index contributed by atoms with van der Waals surface area (Å²) in [4.78, 5) is 19.1.